The number of carbonyl (C=O) groups excluding carboxylic acids is 2. The van der Waals surface area contributed by atoms with Crippen LogP contribution >= 0.6 is 11.8 Å². The fourth-order valence-electron chi connectivity index (χ4n) is 2.51. The number of hydrogen-bond donors (Lipinski definition) is 3. The van der Waals surface area contributed by atoms with Gasteiger partial charge in [0.2, 0.25) is 5.91 Å². The largest absolute Gasteiger partial charge is 0.479 e. The molecule has 0 aromatic heterocycles. The molecule has 1 atom stereocenters. The molecule has 1 aliphatic rings. The summed E-state index contributed by atoms with van der Waals surface area (Å²) < 4.78 is 5.47. The first kappa shape index (κ1) is 21.1. The van der Waals surface area contributed by atoms with Gasteiger partial charge in [0.1, 0.15) is 5.75 Å². The maximum Gasteiger partial charge on any atom is 0.344 e. The van der Waals surface area contributed by atoms with Crippen LogP contribution in [0.25, 0.3) is 6.08 Å². The molecule has 3 rings (SSSR count). The second kappa shape index (κ2) is 9.27. The van der Waals surface area contributed by atoms with Crippen molar-refractivity contribution < 1.29 is 24.2 Å². The zero-order chi connectivity index (χ0) is 21.7. The summed E-state index contributed by atoms with van der Waals surface area (Å²) in [4.78, 5) is 39.3. The number of benzene rings is 2. The van der Waals surface area contributed by atoms with Crippen molar-refractivity contribution in [2.45, 2.75) is 20.0 Å². The first-order valence-corrected chi connectivity index (χ1v) is 9.79. The predicted molar refractivity (Wildman–Crippen MR) is 116 cm³/mol. The Morgan fingerprint density at radius 2 is 1.90 bits per heavy atom. The molecule has 1 aliphatic heterocycles. The van der Waals surface area contributed by atoms with Crippen molar-refractivity contribution in [1.29, 1.82) is 0 Å². The second-order valence-electron chi connectivity index (χ2n) is 6.35. The third-order valence-electron chi connectivity index (χ3n) is 3.93. The molecule has 9 heteroatoms. The van der Waals surface area contributed by atoms with Crippen molar-refractivity contribution in [3.05, 3.63) is 59.0 Å². The lowest BCUT2D eigenvalue weighted by molar-refractivity contribution is -0.144. The van der Waals surface area contributed by atoms with E-state index in [9.17, 15) is 14.4 Å². The molecule has 2 aromatic rings. The van der Waals surface area contributed by atoms with Gasteiger partial charge in [0.25, 0.3) is 5.91 Å². The van der Waals surface area contributed by atoms with E-state index in [-0.39, 0.29) is 11.8 Å². The summed E-state index contributed by atoms with van der Waals surface area (Å²) >= 11 is 1.17. The number of nitrogens with zero attached hydrogens (tertiary/aromatic N) is 1. The van der Waals surface area contributed by atoms with Crippen LogP contribution in [-0.4, -0.2) is 34.2 Å². The predicted octanol–water partition coefficient (Wildman–Crippen LogP) is 3.39. The average molecular weight is 425 g/mol. The van der Waals surface area contributed by atoms with Crippen LogP contribution in [0, 0.1) is 0 Å². The molecule has 0 aliphatic carbocycles. The Morgan fingerprint density at radius 3 is 2.57 bits per heavy atom. The molecule has 0 saturated carbocycles. The summed E-state index contributed by atoms with van der Waals surface area (Å²) in [6.45, 7) is 2.86. The molecule has 154 valence electrons. The number of aliphatic imine (C=N–C) groups is 1. The number of amides is 2. The average Bonchev–Trinajstić information content (AvgIpc) is 3.03. The van der Waals surface area contributed by atoms with E-state index in [1.807, 2.05) is 0 Å². The number of rotatable bonds is 6. The fourth-order valence-corrected chi connectivity index (χ4v) is 3.34. The molecule has 2 aromatic carbocycles. The van der Waals surface area contributed by atoms with Crippen molar-refractivity contribution in [3.8, 4) is 5.75 Å². The van der Waals surface area contributed by atoms with Crippen LogP contribution in [0.4, 0.5) is 11.4 Å². The number of hydrogen-bond acceptors (Lipinski definition) is 6. The van der Waals surface area contributed by atoms with E-state index in [1.54, 1.807) is 54.6 Å². The van der Waals surface area contributed by atoms with E-state index in [4.69, 9.17) is 9.84 Å². The highest BCUT2D eigenvalue weighted by Gasteiger charge is 2.24. The summed E-state index contributed by atoms with van der Waals surface area (Å²) in [5.41, 5.74) is 1.86. The number of amidine groups is 1. The highest BCUT2D eigenvalue weighted by Crippen LogP contribution is 2.31. The van der Waals surface area contributed by atoms with Crippen LogP contribution in [0.2, 0.25) is 0 Å². The minimum Gasteiger partial charge on any atom is -0.479 e. The standard InChI is InChI=1S/C21H19N3O5S/c1-12(20(27)28)29-17-6-4-3-5-14(17)11-18-19(26)24-21(30-18)23-16-9-7-15(8-10-16)22-13(2)25/h3-12H,1-2H3,(H,22,25)(H,27,28)(H,23,24,26)/b18-11+. The fraction of sp³-hybridized carbons (Fsp3) is 0.143. The highest BCUT2D eigenvalue weighted by molar-refractivity contribution is 8.18. The van der Waals surface area contributed by atoms with Crippen molar-refractivity contribution >= 4 is 52.2 Å². The van der Waals surface area contributed by atoms with Crippen LogP contribution in [0.5, 0.6) is 5.75 Å². The number of aliphatic carboxylic acids is 1. The Kier molecular flexibility index (Phi) is 6.53. The van der Waals surface area contributed by atoms with Gasteiger partial charge in [-0.15, -0.1) is 0 Å². The number of carboxylic acids is 1. The molecule has 0 spiro atoms. The van der Waals surface area contributed by atoms with Crippen molar-refractivity contribution in [2.75, 3.05) is 5.32 Å². The third kappa shape index (κ3) is 5.48. The molecule has 1 saturated heterocycles. The van der Waals surface area contributed by atoms with Gasteiger partial charge < -0.3 is 20.5 Å². The molecule has 3 N–H and O–H groups in total. The Hall–Kier alpha value is -3.59. The molecule has 1 fully saturated rings. The lowest BCUT2D eigenvalue weighted by Crippen LogP contribution is -2.23. The maximum absolute atomic E-state index is 12.3. The minimum atomic E-state index is -1.08. The lowest BCUT2D eigenvalue weighted by Gasteiger charge is -2.12. The van der Waals surface area contributed by atoms with Crippen LogP contribution in [0.15, 0.2) is 58.4 Å². The van der Waals surface area contributed by atoms with Crippen LogP contribution in [0.1, 0.15) is 19.4 Å². The molecule has 2 amide bonds. The van der Waals surface area contributed by atoms with Gasteiger partial charge in [0.05, 0.1) is 10.6 Å². The monoisotopic (exact) mass is 425 g/mol. The van der Waals surface area contributed by atoms with Crippen LogP contribution < -0.4 is 15.4 Å². The zero-order valence-corrected chi connectivity index (χ0v) is 17.0. The number of carboxylic acid groups (broad SMARTS) is 1. The van der Waals surface area contributed by atoms with Crippen molar-refractivity contribution in [2.24, 2.45) is 4.99 Å². The van der Waals surface area contributed by atoms with Crippen LogP contribution in [-0.2, 0) is 14.4 Å². The van der Waals surface area contributed by atoms with E-state index in [0.29, 0.717) is 32.8 Å². The smallest absolute Gasteiger partial charge is 0.344 e. The molecular formula is C21H19N3O5S. The summed E-state index contributed by atoms with van der Waals surface area (Å²) in [5.74, 6) is -1.18. The van der Waals surface area contributed by atoms with Gasteiger partial charge in [0.15, 0.2) is 11.3 Å². The van der Waals surface area contributed by atoms with E-state index in [1.165, 1.54) is 25.6 Å². The third-order valence-corrected chi connectivity index (χ3v) is 4.84. The van der Waals surface area contributed by atoms with Gasteiger partial charge in [-0.2, -0.15) is 0 Å². The first-order valence-electron chi connectivity index (χ1n) is 8.97. The zero-order valence-electron chi connectivity index (χ0n) is 16.2. The topological polar surface area (TPSA) is 117 Å². The lowest BCUT2D eigenvalue weighted by atomic mass is 10.2. The molecular weight excluding hydrogens is 406 g/mol. The molecule has 8 nitrogen and oxygen atoms in total. The Balaban J connectivity index is 1.77. The number of thioether (sulfide) groups is 1. The first-order chi connectivity index (χ1) is 14.3. The summed E-state index contributed by atoms with van der Waals surface area (Å²) in [5, 5.41) is 14.8. The van der Waals surface area contributed by atoms with E-state index in [0.717, 1.165) is 0 Å². The molecule has 0 radical (unpaired) electrons. The Labute approximate surface area is 177 Å². The van der Waals surface area contributed by atoms with Gasteiger partial charge in [-0.3, -0.25) is 9.59 Å². The SMILES string of the molecule is CC(=O)Nc1ccc(N=C2NC(=O)/C(=C\c3ccccc3OC(C)C(=O)O)S2)cc1. The number of nitrogens with one attached hydrogen (secondary N) is 2. The van der Waals surface area contributed by atoms with E-state index >= 15 is 0 Å². The molecule has 30 heavy (non-hydrogen) atoms. The molecule has 0 bridgehead atoms. The Morgan fingerprint density at radius 1 is 1.20 bits per heavy atom. The van der Waals surface area contributed by atoms with Gasteiger partial charge >= 0.3 is 5.97 Å². The highest BCUT2D eigenvalue weighted by atomic mass is 32.2. The minimum absolute atomic E-state index is 0.163. The van der Waals surface area contributed by atoms with Gasteiger partial charge in [-0.05, 0) is 55.1 Å². The summed E-state index contributed by atoms with van der Waals surface area (Å²) in [6.07, 6.45) is 0.610. The number of ether oxygens (including phenoxy) is 1. The maximum atomic E-state index is 12.3. The number of carbonyl (C=O) groups is 3. The van der Waals surface area contributed by atoms with Crippen molar-refractivity contribution in [1.82, 2.24) is 5.32 Å². The van der Waals surface area contributed by atoms with E-state index in [2.05, 4.69) is 15.6 Å². The summed E-state index contributed by atoms with van der Waals surface area (Å²) in [6, 6.07) is 13.8. The molecule has 1 unspecified atom stereocenters. The van der Waals surface area contributed by atoms with E-state index < -0.39 is 12.1 Å². The normalized spacial score (nSPS) is 16.9. The van der Waals surface area contributed by atoms with Gasteiger partial charge in [0, 0.05) is 18.2 Å². The quantitative estimate of drug-likeness (QED) is 0.611. The molecule has 1 heterocycles. The second-order valence-corrected chi connectivity index (χ2v) is 7.38. The summed E-state index contributed by atoms with van der Waals surface area (Å²) in [7, 11) is 0. The Bertz CT molecular complexity index is 1050. The number of para-hydroxylation sites is 1. The van der Waals surface area contributed by atoms with Gasteiger partial charge in [-0.1, -0.05) is 18.2 Å². The van der Waals surface area contributed by atoms with Crippen LogP contribution in [0.3, 0.4) is 0 Å². The van der Waals surface area contributed by atoms with Crippen molar-refractivity contribution in [3.63, 3.8) is 0 Å². The number of anilines is 1. The van der Waals surface area contributed by atoms with Gasteiger partial charge in [-0.25, -0.2) is 9.79 Å².